The summed E-state index contributed by atoms with van der Waals surface area (Å²) in [5, 5.41) is 2.75. The Bertz CT molecular complexity index is 576. The topological polar surface area (TPSA) is 38.0 Å². The van der Waals surface area contributed by atoms with E-state index in [1.54, 1.807) is 0 Å². The third-order valence-electron chi connectivity index (χ3n) is 2.49. The van der Waals surface area contributed by atoms with Crippen molar-refractivity contribution in [2.45, 2.75) is 6.18 Å². The summed E-state index contributed by atoms with van der Waals surface area (Å²) in [6, 6.07) is 8.80. The van der Waals surface area contributed by atoms with E-state index >= 15 is 0 Å². The molecule has 0 radical (unpaired) electrons. The summed E-state index contributed by atoms with van der Waals surface area (Å²) in [5.41, 5.74) is 4.77. The van der Waals surface area contributed by atoms with E-state index in [9.17, 15) is 17.6 Å². The zero-order chi connectivity index (χ0) is 14.0. The summed E-state index contributed by atoms with van der Waals surface area (Å²) in [4.78, 5) is 0. The van der Waals surface area contributed by atoms with E-state index in [1.165, 1.54) is 36.4 Å². The predicted octanol–water partition coefficient (Wildman–Crippen LogP) is 4.17. The van der Waals surface area contributed by atoms with E-state index in [0.29, 0.717) is 5.69 Å². The lowest BCUT2D eigenvalue weighted by molar-refractivity contribution is -0.136. The normalized spacial score (nSPS) is 11.4. The maximum absolute atomic E-state index is 12.7. The number of nitrogens with two attached hydrogens (primary N) is 1. The van der Waals surface area contributed by atoms with Gasteiger partial charge in [0.15, 0.2) is 0 Å². The monoisotopic (exact) mass is 270 g/mol. The largest absolute Gasteiger partial charge is 0.418 e. The summed E-state index contributed by atoms with van der Waals surface area (Å²) in [5.74, 6) is -0.418. The Morgan fingerprint density at radius 1 is 0.895 bits per heavy atom. The van der Waals surface area contributed by atoms with Crippen LogP contribution < -0.4 is 11.1 Å². The summed E-state index contributed by atoms with van der Waals surface area (Å²) in [6.07, 6.45) is -4.51. The Morgan fingerprint density at radius 2 is 1.47 bits per heavy atom. The molecule has 0 aromatic heterocycles. The minimum atomic E-state index is -4.51. The highest BCUT2D eigenvalue weighted by atomic mass is 19.4. The molecule has 0 fully saturated rings. The zero-order valence-corrected chi connectivity index (χ0v) is 9.63. The standard InChI is InChI=1S/C13H10F4N2/c14-8-1-3-9(4-2-8)19-10-5-6-12(18)11(7-10)13(15,16)17/h1-7,19H,18H2. The van der Waals surface area contributed by atoms with E-state index in [0.717, 1.165) is 6.07 Å². The Labute approximate surface area is 106 Å². The molecule has 2 aromatic rings. The van der Waals surface area contributed by atoms with Crippen LogP contribution in [0.15, 0.2) is 42.5 Å². The van der Waals surface area contributed by atoms with Gasteiger partial charge in [0.25, 0.3) is 0 Å². The van der Waals surface area contributed by atoms with Gasteiger partial charge in [-0.1, -0.05) is 0 Å². The first-order valence-corrected chi connectivity index (χ1v) is 5.35. The molecule has 0 atom stereocenters. The number of nitrogen functional groups attached to an aromatic ring is 1. The third kappa shape index (κ3) is 3.15. The fraction of sp³-hybridized carbons (Fsp3) is 0.0769. The highest BCUT2D eigenvalue weighted by molar-refractivity contribution is 5.64. The van der Waals surface area contributed by atoms with Crippen molar-refractivity contribution in [1.82, 2.24) is 0 Å². The van der Waals surface area contributed by atoms with E-state index in [1.807, 2.05) is 0 Å². The third-order valence-corrected chi connectivity index (χ3v) is 2.49. The molecule has 0 heterocycles. The molecule has 0 unspecified atom stereocenters. The number of hydrogen-bond acceptors (Lipinski definition) is 2. The maximum atomic E-state index is 12.7. The molecule has 0 spiro atoms. The summed E-state index contributed by atoms with van der Waals surface area (Å²) in [7, 11) is 0. The van der Waals surface area contributed by atoms with E-state index in [2.05, 4.69) is 5.32 Å². The van der Waals surface area contributed by atoms with Crippen molar-refractivity contribution < 1.29 is 17.6 Å². The van der Waals surface area contributed by atoms with Gasteiger partial charge in [-0.2, -0.15) is 13.2 Å². The molecule has 0 saturated carbocycles. The average molecular weight is 270 g/mol. The number of benzene rings is 2. The molecule has 19 heavy (non-hydrogen) atoms. The van der Waals surface area contributed by atoms with E-state index < -0.39 is 17.6 Å². The fourth-order valence-corrected chi connectivity index (χ4v) is 1.58. The van der Waals surface area contributed by atoms with Gasteiger partial charge in [-0.3, -0.25) is 0 Å². The Hall–Kier alpha value is -2.24. The Kier molecular flexibility index (Phi) is 3.33. The highest BCUT2D eigenvalue weighted by Crippen LogP contribution is 2.35. The lowest BCUT2D eigenvalue weighted by atomic mass is 10.1. The van der Waals surface area contributed by atoms with Crippen molar-refractivity contribution in [2.75, 3.05) is 11.1 Å². The van der Waals surface area contributed by atoms with Crippen LogP contribution in [0.25, 0.3) is 0 Å². The van der Waals surface area contributed by atoms with Crippen molar-refractivity contribution in [3.8, 4) is 0 Å². The lowest BCUT2D eigenvalue weighted by Gasteiger charge is -2.13. The first-order chi connectivity index (χ1) is 8.86. The van der Waals surface area contributed by atoms with Crippen LogP contribution in [0.1, 0.15) is 5.56 Å². The first-order valence-electron chi connectivity index (χ1n) is 5.35. The zero-order valence-electron chi connectivity index (χ0n) is 9.63. The Balaban J connectivity index is 2.29. The number of hydrogen-bond donors (Lipinski definition) is 2. The molecule has 0 amide bonds. The summed E-state index contributed by atoms with van der Waals surface area (Å²) >= 11 is 0. The fourth-order valence-electron chi connectivity index (χ4n) is 1.58. The quantitative estimate of drug-likeness (QED) is 0.635. The molecule has 2 rings (SSSR count). The molecule has 0 aliphatic heterocycles. The molecule has 2 aromatic carbocycles. The summed E-state index contributed by atoms with van der Waals surface area (Å²) in [6.45, 7) is 0. The minimum Gasteiger partial charge on any atom is -0.398 e. The van der Waals surface area contributed by atoms with Crippen LogP contribution in [-0.4, -0.2) is 0 Å². The van der Waals surface area contributed by atoms with Crippen molar-refractivity contribution in [1.29, 1.82) is 0 Å². The van der Waals surface area contributed by atoms with E-state index in [4.69, 9.17) is 5.73 Å². The smallest absolute Gasteiger partial charge is 0.398 e. The van der Waals surface area contributed by atoms with Crippen LogP contribution in [0.4, 0.5) is 34.6 Å². The lowest BCUT2D eigenvalue weighted by Crippen LogP contribution is -2.09. The second-order valence-electron chi connectivity index (χ2n) is 3.93. The Morgan fingerprint density at radius 3 is 2.05 bits per heavy atom. The van der Waals surface area contributed by atoms with Gasteiger partial charge in [0.1, 0.15) is 5.82 Å². The van der Waals surface area contributed by atoms with Gasteiger partial charge in [-0.05, 0) is 42.5 Å². The van der Waals surface area contributed by atoms with Gasteiger partial charge in [-0.15, -0.1) is 0 Å². The molecule has 0 aliphatic carbocycles. The van der Waals surface area contributed by atoms with Crippen molar-refractivity contribution in [3.05, 3.63) is 53.8 Å². The number of halogens is 4. The number of alkyl halides is 3. The van der Waals surface area contributed by atoms with Gasteiger partial charge in [0.2, 0.25) is 0 Å². The van der Waals surface area contributed by atoms with E-state index in [-0.39, 0.29) is 11.4 Å². The van der Waals surface area contributed by atoms with Crippen LogP contribution >= 0.6 is 0 Å². The molecule has 2 nitrogen and oxygen atoms in total. The molecule has 0 aliphatic rings. The molecule has 6 heteroatoms. The van der Waals surface area contributed by atoms with Crippen molar-refractivity contribution in [2.24, 2.45) is 0 Å². The van der Waals surface area contributed by atoms with Gasteiger partial charge in [0.05, 0.1) is 5.56 Å². The molecule has 0 bridgehead atoms. The van der Waals surface area contributed by atoms with Crippen LogP contribution in [0.3, 0.4) is 0 Å². The number of rotatable bonds is 2. The van der Waals surface area contributed by atoms with Crippen LogP contribution in [0.5, 0.6) is 0 Å². The van der Waals surface area contributed by atoms with Crippen molar-refractivity contribution in [3.63, 3.8) is 0 Å². The summed E-state index contributed by atoms with van der Waals surface area (Å²) < 4.78 is 50.7. The molecular weight excluding hydrogens is 260 g/mol. The van der Waals surface area contributed by atoms with Crippen LogP contribution in [-0.2, 0) is 6.18 Å². The second-order valence-corrected chi connectivity index (χ2v) is 3.93. The first kappa shape index (κ1) is 13.2. The van der Waals surface area contributed by atoms with Gasteiger partial charge in [0, 0.05) is 17.1 Å². The van der Waals surface area contributed by atoms with Crippen molar-refractivity contribution >= 4 is 17.1 Å². The predicted molar refractivity (Wildman–Crippen MR) is 65.5 cm³/mol. The van der Waals surface area contributed by atoms with Crippen LogP contribution in [0, 0.1) is 5.82 Å². The SMILES string of the molecule is Nc1ccc(Nc2ccc(F)cc2)cc1C(F)(F)F. The second kappa shape index (κ2) is 4.79. The average Bonchev–Trinajstić information content (AvgIpc) is 2.33. The molecule has 100 valence electrons. The molecule has 3 N–H and O–H groups in total. The van der Waals surface area contributed by atoms with Gasteiger partial charge < -0.3 is 11.1 Å². The van der Waals surface area contributed by atoms with Gasteiger partial charge in [-0.25, -0.2) is 4.39 Å². The van der Waals surface area contributed by atoms with Crippen LogP contribution in [0.2, 0.25) is 0 Å². The number of anilines is 3. The minimum absolute atomic E-state index is 0.230. The maximum Gasteiger partial charge on any atom is 0.418 e. The van der Waals surface area contributed by atoms with Gasteiger partial charge >= 0.3 is 6.18 Å². The highest BCUT2D eigenvalue weighted by Gasteiger charge is 2.33. The number of nitrogens with one attached hydrogen (secondary N) is 1. The molecular formula is C13H10F4N2. The molecule has 0 saturated heterocycles.